The van der Waals surface area contributed by atoms with E-state index in [2.05, 4.69) is 0 Å². The number of hydrogen-bond acceptors (Lipinski definition) is 3. The van der Waals surface area contributed by atoms with Crippen molar-refractivity contribution in [2.45, 2.75) is 12.6 Å². The summed E-state index contributed by atoms with van der Waals surface area (Å²) in [5.74, 6) is -0.668. The zero-order valence-electron chi connectivity index (χ0n) is 11.7. The minimum Gasteiger partial charge on any atom is -0.492 e. The smallest absolute Gasteiger partial charge is 0.131 e. The lowest BCUT2D eigenvalue weighted by Gasteiger charge is -2.15. The molecule has 0 aliphatic rings. The van der Waals surface area contributed by atoms with Gasteiger partial charge in [-0.2, -0.15) is 0 Å². The molecule has 1 atom stereocenters. The van der Waals surface area contributed by atoms with Crippen LogP contribution in [0, 0.1) is 11.6 Å². The van der Waals surface area contributed by atoms with Gasteiger partial charge in [0.05, 0.1) is 12.6 Å². The van der Waals surface area contributed by atoms with Crippen LogP contribution in [0.1, 0.15) is 17.2 Å². The Bertz CT molecular complexity index is 605. The van der Waals surface area contributed by atoms with Crippen LogP contribution < -0.4 is 10.5 Å². The first-order valence-corrected chi connectivity index (χ1v) is 6.51. The monoisotopic (exact) mass is 293 g/mol. The fourth-order valence-corrected chi connectivity index (χ4v) is 1.97. The zero-order valence-corrected chi connectivity index (χ0v) is 11.7. The van der Waals surface area contributed by atoms with Crippen molar-refractivity contribution in [1.82, 2.24) is 0 Å². The van der Waals surface area contributed by atoms with Gasteiger partial charge in [-0.3, -0.25) is 0 Å². The van der Waals surface area contributed by atoms with E-state index in [1.165, 1.54) is 12.1 Å². The number of benzene rings is 2. The van der Waals surface area contributed by atoms with Crippen LogP contribution >= 0.6 is 0 Å². The molecule has 0 saturated carbocycles. The Hall–Kier alpha value is -1.98. The summed E-state index contributed by atoms with van der Waals surface area (Å²) in [6.07, 6.45) is 0. The highest BCUT2D eigenvalue weighted by Crippen LogP contribution is 2.19. The Morgan fingerprint density at radius 1 is 1.14 bits per heavy atom. The highest BCUT2D eigenvalue weighted by atomic mass is 19.1. The first kappa shape index (κ1) is 15.4. The SMILES string of the molecule is COCc1cccc(OCC(N)c2ccc(F)cc2F)c1. The van der Waals surface area contributed by atoms with Gasteiger partial charge in [-0.25, -0.2) is 8.78 Å². The molecule has 0 fully saturated rings. The molecule has 0 aliphatic heterocycles. The summed E-state index contributed by atoms with van der Waals surface area (Å²) in [7, 11) is 1.61. The minimum atomic E-state index is -0.670. The van der Waals surface area contributed by atoms with E-state index < -0.39 is 17.7 Å². The second kappa shape index (κ2) is 7.15. The standard InChI is InChI=1S/C16H17F2NO2/c1-20-9-11-3-2-4-13(7-11)21-10-16(19)14-6-5-12(17)8-15(14)18/h2-8,16H,9-10,19H2,1H3. The van der Waals surface area contributed by atoms with Crippen LogP contribution in [0.5, 0.6) is 5.75 Å². The van der Waals surface area contributed by atoms with Crippen molar-refractivity contribution in [1.29, 1.82) is 0 Å². The second-order valence-electron chi connectivity index (χ2n) is 4.66. The van der Waals surface area contributed by atoms with E-state index in [0.717, 1.165) is 11.6 Å². The van der Waals surface area contributed by atoms with E-state index in [4.69, 9.17) is 15.2 Å². The third-order valence-corrected chi connectivity index (χ3v) is 3.00. The van der Waals surface area contributed by atoms with Crippen molar-refractivity contribution in [2.75, 3.05) is 13.7 Å². The van der Waals surface area contributed by atoms with Crippen LogP contribution in [0.3, 0.4) is 0 Å². The van der Waals surface area contributed by atoms with Crippen LogP contribution in [0.15, 0.2) is 42.5 Å². The summed E-state index contributed by atoms with van der Waals surface area (Å²) in [5.41, 5.74) is 7.07. The van der Waals surface area contributed by atoms with Crippen molar-refractivity contribution >= 4 is 0 Å². The van der Waals surface area contributed by atoms with Crippen LogP contribution in [0.2, 0.25) is 0 Å². The summed E-state index contributed by atoms with van der Waals surface area (Å²) < 4.78 is 37.0. The van der Waals surface area contributed by atoms with Gasteiger partial charge < -0.3 is 15.2 Å². The molecule has 0 radical (unpaired) electrons. The van der Waals surface area contributed by atoms with E-state index >= 15 is 0 Å². The average Bonchev–Trinajstić information content (AvgIpc) is 2.45. The molecule has 1 unspecified atom stereocenters. The second-order valence-corrected chi connectivity index (χ2v) is 4.66. The van der Waals surface area contributed by atoms with Crippen molar-refractivity contribution in [2.24, 2.45) is 5.73 Å². The van der Waals surface area contributed by atoms with Crippen molar-refractivity contribution in [3.63, 3.8) is 0 Å². The third-order valence-electron chi connectivity index (χ3n) is 3.00. The lowest BCUT2D eigenvalue weighted by Crippen LogP contribution is -2.20. The van der Waals surface area contributed by atoms with Gasteiger partial charge in [0.25, 0.3) is 0 Å². The van der Waals surface area contributed by atoms with Gasteiger partial charge in [0.1, 0.15) is 24.0 Å². The van der Waals surface area contributed by atoms with Crippen molar-refractivity contribution in [3.8, 4) is 5.75 Å². The van der Waals surface area contributed by atoms with Crippen molar-refractivity contribution in [3.05, 3.63) is 65.2 Å². The topological polar surface area (TPSA) is 44.5 Å². The zero-order chi connectivity index (χ0) is 15.2. The van der Waals surface area contributed by atoms with Crippen LogP contribution in [-0.4, -0.2) is 13.7 Å². The normalized spacial score (nSPS) is 12.2. The maximum absolute atomic E-state index is 13.6. The molecule has 0 heterocycles. The molecule has 21 heavy (non-hydrogen) atoms. The number of rotatable bonds is 6. The van der Waals surface area contributed by atoms with E-state index in [9.17, 15) is 8.78 Å². The van der Waals surface area contributed by atoms with E-state index in [0.29, 0.717) is 12.4 Å². The number of ether oxygens (including phenoxy) is 2. The molecule has 2 rings (SSSR count). The Morgan fingerprint density at radius 3 is 2.67 bits per heavy atom. The highest BCUT2D eigenvalue weighted by Gasteiger charge is 2.13. The van der Waals surface area contributed by atoms with Crippen molar-refractivity contribution < 1.29 is 18.3 Å². The molecule has 0 bridgehead atoms. The van der Waals surface area contributed by atoms with Gasteiger partial charge in [0, 0.05) is 18.7 Å². The van der Waals surface area contributed by atoms with Gasteiger partial charge in [-0.1, -0.05) is 18.2 Å². The summed E-state index contributed by atoms with van der Waals surface area (Å²) >= 11 is 0. The van der Waals surface area contributed by atoms with Gasteiger partial charge in [0.2, 0.25) is 0 Å². The van der Waals surface area contributed by atoms with Gasteiger partial charge >= 0.3 is 0 Å². The maximum Gasteiger partial charge on any atom is 0.131 e. The van der Waals surface area contributed by atoms with Crippen LogP contribution in [0.4, 0.5) is 8.78 Å². The largest absolute Gasteiger partial charge is 0.492 e. The lowest BCUT2D eigenvalue weighted by atomic mass is 10.1. The first-order chi connectivity index (χ1) is 10.1. The summed E-state index contributed by atoms with van der Waals surface area (Å²) in [6.45, 7) is 0.578. The average molecular weight is 293 g/mol. The Morgan fingerprint density at radius 2 is 1.95 bits per heavy atom. The van der Waals surface area contributed by atoms with Gasteiger partial charge in [-0.15, -0.1) is 0 Å². The first-order valence-electron chi connectivity index (χ1n) is 6.51. The van der Waals surface area contributed by atoms with E-state index in [-0.39, 0.29) is 12.2 Å². The molecule has 5 heteroatoms. The molecule has 112 valence electrons. The summed E-state index contributed by atoms with van der Waals surface area (Å²) in [6, 6.07) is 10.0. The molecule has 2 N–H and O–H groups in total. The molecule has 0 spiro atoms. The van der Waals surface area contributed by atoms with Crippen LogP contribution in [-0.2, 0) is 11.3 Å². The number of methoxy groups -OCH3 is 1. The molecule has 3 nitrogen and oxygen atoms in total. The number of halogens is 2. The van der Waals surface area contributed by atoms with Crippen LogP contribution in [0.25, 0.3) is 0 Å². The fourth-order valence-electron chi connectivity index (χ4n) is 1.97. The molecule has 0 saturated heterocycles. The third kappa shape index (κ3) is 4.24. The predicted octanol–water partition coefficient (Wildman–Crippen LogP) is 3.19. The van der Waals surface area contributed by atoms with E-state index in [1.54, 1.807) is 13.2 Å². The number of hydrogen-bond donors (Lipinski definition) is 1. The summed E-state index contributed by atoms with van der Waals surface area (Å²) in [4.78, 5) is 0. The molecule has 2 aromatic rings. The minimum absolute atomic E-state index is 0.0962. The number of nitrogens with two attached hydrogens (primary N) is 1. The maximum atomic E-state index is 13.6. The molecule has 2 aromatic carbocycles. The highest BCUT2D eigenvalue weighted by molar-refractivity contribution is 5.28. The molecule has 0 aliphatic carbocycles. The Labute approximate surface area is 122 Å². The van der Waals surface area contributed by atoms with E-state index in [1.807, 2.05) is 18.2 Å². The molecule has 0 amide bonds. The predicted molar refractivity (Wildman–Crippen MR) is 75.9 cm³/mol. The molecular weight excluding hydrogens is 276 g/mol. The fraction of sp³-hybridized carbons (Fsp3) is 0.250. The summed E-state index contributed by atoms with van der Waals surface area (Å²) in [5, 5.41) is 0. The van der Waals surface area contributed by atoms with Gasteiger partial charge in [-0.05, 0) is 23.8 Å². The molecular formula is C16H17F2NO2. The quantitative estimate of drug-likeness (QED) is 0.889. The Balaban J connectivity index is 2.00. The van der Waals surface area contributed by atoms with Gasteiger partial charge in [0.15, 0.2) is 0 Å². The molecule has 0 aromatic heterocycles. The Kier molecular flexibility index (Phi) is 5.25. The lowest BCUT2D eigenvalue weighted by molar-refractivity contribution is 0.184.